The number of morpholine rings is 1. The molecule has 0 aromatic heterocycles. The summed E-state index contributed by atoms with van der Waals surface area (Å²) in [4.78, 5) is 2.28. The highest BCUT2D eigenvalue weighted by atomic mass is 16.5. The van der Waals surface area contributed by atoms with E-state index in [9.17, 15) is 5.11 Å². The van der Waals surface area contributed by atoms with Crippen LogP contribution in [0.3, 0.4) is 0 Å². The van der Waals surface area contributed by atoms with Crippen molar-refractivity contribution in [1.29, 1.82) is 0 Å². The van der Waals surface area contributed by atoms with Gasteiger partial charge in [-0.2, -0.15) is 0 Å². The molecule has 0 spiro atoms. The Bertz CT molecular complexity index is 393. The summed E-state index contributed by atoms with van der Waals surface area (Å²) in [6, 6.07) is 8.86. The average Bonchev–Trinajstić information content (AvgIpc) is 2.49. The number of para-hydroxylation sites is 1. The van der Waals surface area contributed by atoms with Gasteiger partial charge in [-0.3, -0.25) is 0 Å². The second-order valence-electron chi connectivity index (χ2n) is 4.91. The molecular weight excluding hydrogens is 240 g/mol. The van der Waals surface area contributed by atoms with E-state index in [2.05, 4.69) is 41.4 Å². The summed E-state index contributed by atoms with van der Waals surface area (Å²) < 4.78 is 5.46. The summed E-state index contributed by atoms with van der Waals surface area (Å²) in [5.74, 6) is 0. The first-order valence-electron chi connectivity index (χ1n) is 7.03. The molecule has 1 aromatic rings. The lowest BCUT2D eigenvalue weighted by Gasteiger charge is -2.38. The molecule has 1 aliphatic rings. The van der Waals surface area contributed by atoms with E-state index in [1.54, 1.807) is 0 Å². The average molecular weight is 264 g/mol. The predicted octanol–water partition coefficient (Wildman–Crippen LogP) is 1.55. The first-order chi connectivity index (χ1) is 9.31. The highest BCUT2D eigenvalue weighted by molar-refractivity contribution is 5.56. The molecule has 1 fully saturated rings. The van der Waals surface area contributed by atoms with Crippen molar-refractivity contribution in [1.82, 2.24) is 5.32 Å². The van der Waals surface area contributed by atoms with E-state index in [0.717, 1.165) is 19.6 Å². The predicted molar refractivity (Wildman–Crippen MR) is 77.6 cm³/mol. The number of hydrogen-bond acceptors (Lipinski definition) is 4. The molecule has 4 nitrogen and oxygen atoms in total. The zero-order valence-corrected chi connectivity index (χ0v) is 11.8. The maximum absolute atomic E-state index is 9.53. The van der Waals surface area contributed by atoms with Crippen LogP contribution in [-0.4, -0.2) is 44.6 Å². The lowest BCUT2D eigenvalue weighted by atomic mass is 10.0. The molecule has 0 aliphatic carbocycles. The summed E-state index contributed by atoms with van der Waals surface area (Å²) in [7, 11) is 1.99. The monoisotopic (exact) mass is 264 g/mol. The summed E-state index contributed by atoms with van der Waals surface area (Å²) in [6.45, 7) is 4.47. The third-order valence-electron chi connectivity index (χ3n) is 3.82. The first kappa shape index (κ1) is 14.3. The van der Waals surface area contributed by atoms with E-state index < -0.39 is 0 Å². The van der Waals surface area contributed by atoms with Crippen LogP contribution in [0.15, 0.2) is 24.3 Å². The number of nitrogens with zero attached hydrogens (tertiary/aromatic N) is 1. The minimum Gasteiger partial charge on any atom is -0.394 e. The molecule has 2 unspecified atom stereocenters. The zero-order valence-electron chi connectivity index (χ0n) is 11.8. The molecule has 0 bridgehead atoms. The van der Waals surface area contributed by atoms with Crippen LogP contribution in [0.2, 0.25) is 0 Å². The number of rotatable bonds is 5. The van der Waals surface area contributed by atoms with Gasteiger partial charge in [-0.05, 0) is 25.1 Å². The molecule has 1 aromatic carbocycles. The van der Waals surface area contributed by atoms with Gasteiger partial charge in [0.05, 0.1) is 25.9 Å². The van der Waals surface area contributed by atoms with Gasteiger partial charge in [-0.25, -0.2) is 0 Å². The lowest BCUT2D eigenvalue weighted by molar-refractivity contribution is 0.0726. The fourth-order valence-corrected chi connectivity index (χ4v) is 2.75. The summed E-state index contributed by atoms with van der Waals surface area (Å²) in [5.41, 5.74) is 2.51. The second kappa shape index (κ2) is 6.89. The molecule has 2 rings (SSSR count). The van der Waals surface area contributed by atoms with E-state index in [-0.39, 0.29) is 12.6 Å². The largest absolute Gasteiger partial charge is 0.394 e. The van der Waals surface area contributed by atoms with E-state index in [0.29, 0.717) is 12.6 Å². The van der Waals surface area contributed by atoms with E-state index >= 15 is 0 Å². The van der Waals surface area contributed by atoms with Crippen molar-refractivity contribution in [3.05, 3.63) is 29.8 Å². The summed E-state index contributed by atoms with van der Waals surface area (Å²) in [5, 5.41) is 12.9. The van der Waals surface area contributed by atoms with Crippen molar-refractivity contribution >= 4 is 5.69 Å². The standard InChI is InChI=1S/C15H24N2O2/c1-3-14(16-2)13-6-4-5-7-15(13)17-8-9-19-11-12(17)10-18/h4-7,12,14,16,18H,3,8-11H2,1-2H3. The first-order valence-corrected chi connectivity index (χ1v) is 7.03. The van der Waals surface area contributed by atoms with Crippen LogP contribution in [0.4, 0.5) is 5.69 Å². The van der Waals surface area contributed by atoms with Gasteiger partial charge in [0.15, 0.2) is 0 Å². The van der Waals surface area contributed by atoms with Gasteiger partial charge in [0, 0.05) is 18.3 Å². The Morgan fingerprint density at radius 2 is 2.26 bits per heavy atom. The van der Waals surface area contributed by atoms with Gasteiger partial charge in [0.25, 0.3) is 0 Å². The Morgan fingerprint density at radius 3 is 2.95 bits per heavy atom. The van der Waals surface area contributed by atoms with Crippen LogP contribution in [0.25, 0.3) is 0 Å². The topological polar surface area (TPSA) is 44.7 Å². The number of anilines is 1. The number of aliphatic hydroxyl groups excluding tert-OH is 1. The SMILES string of the molecule is CCC(NC)c1ccccc1N1CCOCC1CO. The Labute approximate surface area is 115 Å². The maximum Gasteiger partial charge on any atom is 0.0755 e. The molecule has 4 heteroatoms. The zero-order chi connectivity index (χ0) is 13.7. The second-order valence-corrected chi connectivity index (χ2v) is 4.91. The van der Waals surface area contributed by atoms with Crippen LogP contribution in [0.1, 0.15) is 24.9 Å². The molecular formula is C15H24N2O2. The van der Waals surface area contributed by atoms with E-state index in [1.807, 2.05) is 7.05 Å². The lowest BCUT2D eigenvalue weighted by Crippen LogP contribution is -2.48. The highest BCUT2D eigenvalue weighted by Gasteiger charge is 2.25. The number of hydrogen-bond donors (Lipinski definition) is 2. The molecule has 0 radical (unpaired) electrons. The molecule has 19 heavy (non-hydrogen) atoms. The molecule has 0 saturated carbocycles. The van der Waals surface area contributed by atoms with Crippen molar-refractivity contribution in [3.8, 4) is 0 Å². The molecule has 1 aliphatic heterocycles. The molecule has 1 heterocycles. The number of aliphatic hydroxyl groups is 1. The molecule has 0 amide bonds. The Balaban J connectivity index is 2.32. The number of benzene rings is 1. The van der Waals surface area contributed by atoms with Gasteiger partial charge in [0.2, 0.25) is 0 Å². The number of nitrogens with one attached hydrogen (secondary N) is 1. The van der Waals surface area contributed by atoms with Gasteiger partial charge in [0.1, 0.15) is 0 Å². The summed E-state index contributed by atoms with van der Waals surface area (Å²) in [6.07, 6.45) is 1.04. The summed E-state index contributed by atoms with van der Waals surface area (Å²) >= 11 is 0. The quantitative estimate of drug-likeness (QED) is 0.847. The fourth-order valence-electron chi connectivity index (χ4n) is 2.75. The van der Waals surface area contributed by atoms with Crippen molar-refractivity contribution in [2.75, 3.05) is 38.3 Å². The molecule has 1 saturated heterocycles. The van der Waals surface area contributed by atoms with E-state index in [1.165, 1.54) is 11.3 Å². The van der Waals surface area contributed by atoms with Crippen molar-refractivity contribution < 1.29 is 9.84 Å². The van der Waals surface area contributed by atoms with Gasteiger partial charge >= 0.3 is 0 Å². The minimum atomic E-state index is 0.0595. The van der Waals surface area contributed by atoms with Gasteiger partial charge < -0.3 is 20.1 Å². The van der Waals surface area contributed by atoms with Crippen molar-refractivity contribution in [3.63, 3.8) is 0 Å². The van der Waals surface area contributed by atoms with Gasteiger partial charge in [-0.15, -0.1) is 0 Å². The molecule has 2 atom stereocenters. The van der Waals surface area contributed by atoms with Crippen molar-refractivity contribution in [2.45, 2.75) is 25.4 Å². The highest BCUT2D eigenvalue weighted by Crippen LogP contribution is 2.30. The Kier molecular flexibility index (Phi) is 5.19. The smallest absolute Gasteiger partial charge is 0.0755 e. The normalized spacial score (nSPS) is 21.4. The maximum atomic E-state index is 9.53. The van der Waals surface area contributed by atoms with E-state index in [4.69, 9.17) is 4.74 Å². The van der Waals surface area contributed by atoms with Crippen LogP contribution in [0.5, 0.6) is 0 Å². The van der Waals surface area contributed by atoms with Crippen molar-refractivity contribution in [2.24, 2.45) is 0 Å². The third-order valence-corrected chi connectivity index (χ3v) is 3.82. The molecule has 106 valence electrons. The Hall–Kier alpha value is -1.10. The minimum absolute atomic E-state index is 0.0595. The van der Waals surface area contributed by atoms with Crippen LogP contribution < -0.4 is 10.2 Å². The Morgan fingerprint density at radius 1 is 1.47 bits per heavy atom. The van der Waals surface area contributed by atoms with Crippen LogP contribution >= 0.6 is 0 Å². The van der Waals surface area contributed by atoms with Crippen LogP contribution in [-0.2, 0) is 4.74 Å². The van der Waals surface area contributed by atoms with Gasteiger partial charge in [-0.1, -0.05) is 25.1 Å². The third kappa shape index (κ3) is 3.08. The van der Waals surface area contributed by atoms with Crippen LogP contribution in [0, 0.1) is 0 Å². The molecule has 2 N–H and O–H groups in total. The fraction of sp³-hybridized carbons (Fsp3) is 0.600. The number of ether oxygens (including phenoxy) is 1.